The van der Waals surface area contributed by atoms with Gasteiger partial charge in [-0.1, -0.05) is 42.5 Å². The van der Waals surface area contributed by atoms with Gasteiger partial charge >= 0.3 is 6.03 Å². The highest BCUT2D eigenvalue weighted by molar-refractivity contribution is 7.99. The number of hydrogen-bond donors (Lipinski definition) is 2. The zero-order valence-electron chi connectivity index (χ0n) is 11.1. The molecule has 0 unspecified atom stereocenters. The molecule has 3 amide bonds. The molecule has 5 heteroatoms. The molecule has 20 heavy (non-hydrogen) atoms. The molecule has 0 saturated heterocycles. The second kappa shape index (κ2) is 6.43. The third kappa shape index (κ3) is 3.51. The van der Waals surface area contributed by atoms with Crippen molar-refractivity contribution in [1.29, 1.82) is 0 Å². The maximum atomic E-state index is 11.6. The van der Waals surface area contributed by atoms with Crippen LogP contribution in [0.2, 0.25) is 0 Å². The summed E-state index contributed by atoms with van der Waals surface area (Å²) in [5.41, 5.74) is 6.11. The van der Waals surface area contributed by atoms with Gasteiger partial charge in [0.1, 0.15) is 0 Å². The minimum Gasteiger partial charge on any atom is -0.351 e. The summed E-state index contributed by atoms with van der Waals surface area (Å²) >= 11 is 1.47. The molecule has 2 aromatic rings. The Morgan fingerprint density at radius 3 is 2.65 bits per heavy atom. The molecule has 0 aromatic heterocycles. The molecule has 0 radical (unpaired) electrons. The van der Waals surface area contributed by atoms with E-state index in [1.165, 1.54) is 28.1 Å². The van der Waals surface area contributed by atoms with E-state index in [2.05, 4.69) is 23.5 Å². The maximum Gasteiger partial charge on any atom is 0.318 e. The van der Waals surface area contributed by atoms with E-state index in [1.54, 1.807) is 6.92 Å². The van der Waals surface area contributed by atoms with Crippen molar-refractivity contribution < 1.29 is 9.59 Å². The first-order valence-electron chi connectivity index (χ1n) is 6.26. The first-order chi connectivity index (χ1) is 9.58. The molecule has 0 aliphatic heterocycles. The van der Waals surface area contributed by atoms with Crippen LogP contribution >= 0.6 is 11.8 Å². The van der Waals surface area contributed by atoms with Crippen LogP contribution in [0.4, 0.5) is 4.79 Å². The molecular weight excluding hydrogens is 272 g/mol. The minimum absolute atomic E-state index is 0.332. The van der Waals surface area contributed by atoms with Crippen LogP contribution in [0.15, 0.2) is 42.5 Å². The molecular formula is C15H16N2O2S. The first-order valence-corrected chi connectivity index (χ1v) is 7.31. The Bertz CT molecular complexity index is 637. The van der Waals surface area contributed by atoms with Gasteiger partial charge in [0.2, 0.25) is 5.91 Å². The highest BCUT2D eigenvalue weighted by Crippen LogP contribution is 2.24. The van der Waals surface area contributed by atoms with Crippen molar-refractivity contribution >= 4 is 34.5 Å². The number of imide groups is 1. The second-order valence-electron chi connectivity index (χ2n) is 4.45. The number of carbonyl (C=O) groups excluding carboxylic acids is 2. The zero-order chi connectivity index (χ0) is 14.5. The number of amides is 3. The molecule has 4 nitrogen and oxygen atoms in total. The molecule has 0 heterocycles. The SMILES string of the molecule is C[C@H](SCc1cccc2ccccc12)C(=O)NC(N)=O. The van der Waals surface area contributed by atoms with Gasteiger partial charge in [-0.05, 0) is 23.3 Å². The normalized spacial score (nSPS) is 12.1. The molecule has 0 bridgehead atoms. The fourth-order valence-electron chi connectivity index (χ4n) is 1.93. The number of primary amides is 1. The predicted molar refractivity (Wildman–Crippen MR) is 82.4 cm³/mol. The first kappa shape index (κ1) is 14.4. The number of urea groups is 1. The molecule has 0 saturated carbocycles. The summed E-state index contributed by atoms with van der Waals surface area (Å²) in [6, 6.07) is 13.4. The van der Waals surface area contributed by atoms with Crippen molar-refractivity contribution in [2.45, 2.75) is 17.9 Å². The van der Waals surface area contributed by atoms with Gasteiger partial charge in [0, 0.05) is 5.75 Å². The third-order valence-electron chi connectivity index (χ3n) is 2.98. The van der Waals surface area contributed by atoms with E-state index in [9.17, 15) is 9.59 Å². The van der Waals surface area contributed by atoms with Gasteiger partial charge in [-0.25, -0.2) is 4.79 Å². The van der Waals surface area contributed by atoms with Gasteiger partial charge in [0.05, 0.1) is 5.25 Å². The van der Waals surface area contributed by atoms with Crippen molar-refractivity contribution in [2.24, 2.45) is 5.73 Å². The Morgan fingerprint density at radius 2 is 1.90 bits per heavy atom. The van der Waals surface area contributed by atoms with Gasteiger partial charge in [0.15, 0.2) is 0 Å². The predicted octanol–water partition coefficient (Wildman–Crippen LogP) is 2.66. The lowest BCUT2D eigenvalue weighted by Gasteiger charge is -2.11. The number of nitrogens with two attached hydrogens (primary N) is 1. The van der Waals surface area contributed by atoms with E-state index in [4.69, 9.17) is 5.73 Å². The minimum atomic E-state index is -0.812. The number of nitrogens with one attached hydrogen (secondary N) is 1. The summed E-state index contributed by atoms with van der Waals surface area (Å²) in [6.45, 7) is 1.76. The summed E-state index contributed by atoms with van der Waals surface area (Å²) in [6.07, 6.45) is 0. The average molecular weight is 288 g/mol. The lowest BCUT2D eigenvalue weighted by atomic mass is 10.1. The molecule has 2 aromatic carbocycles. The quantitative estimate of drug-likeness (QED) is 0.908. The number of carbonyl (C=O) groups is 2. The lowest BCUT2D eigenvalue weighted by Crippen LogP contribution is -2.39. The van der Waals surface area contributed by atoms with Gasteiger partial charge in [-0.15, -0.1) is 11.8 Å². The van der Waals surface area contributed by atoms with Gasteiger partial charge in [0.25, 0.3) is 0 Å². The van der Waals surface area contributed by atoms with Crippen LogP contribution in [0.3, 0.4) is 0 Å². The molecule has 3 N–H and O–H groups in total. The Kier molecular flexibility index (Phi) is 4.63. The number of hydrogen-bond acceptors (Lipinski definition) is 3. The van der Waals surface area contributed by atoms with E-state index in [0.717, 1.165) is 0 Å². The van der Waals surface area contributed by atoms with Gasteiger partial charge in [-0.2, -0.15) is 0 Å². The Balaban J connectivity index is 2.06. The third-order valence-corrected chi connectivity index (χ3v) is 4.18. The van der Waals surface area contributed by atoms with Crippen LogP contribution in [0.1, 0.15) is 12.5 Å². The standard InChI is InChI=1S/C15H16N2O2S/c1-10(14(18)17-15(16)19)20-9-12-7-4-6-11-5-2-3-8-13(11)12/h2-8,10H,9H2,1H3,(H3,16,17,18,19)/t10-/m0/s1. The summed E-state index contributed by atoms with van der Waals surface area (Å²) in [4.78, 5) is 22.2. The van der Waals surface area contributed by atoms with E-state index < -0.39 is 6.03 Å². The Hall–Kier alpha value is -2.01. The molecule has 104 valence electrons. The highest BCUT2D eigenvalue weighted by Gasteiger charge is 2.15. The van der Waals surface area contributed by atoms with Crippen LogP contribution in [-0.2, 0) is 10.5 Å². The number of benzene rings is 2. The topological polar surface area (TPSA) is 72.2 Å². The molecule has 0 aliphatic carbocycles. The van der Waals surface area contributed by atoms with Crippen LogP contribution < -0.4 is 11.1 Å². The van der Waals surface area contributed by atoms with Crippen molar-refractivity contribution in [3.63, 3.8) is 0 Å². The monoisotopic (exact) mass is 288 g/mol. The number of thioether (sulfide) groups is 1. The molecule has 0 aliphatic rings. The summed E-state index contributed by atoms with van der Waals surface area (Å²) in [5.74, 6) is 0.345. The van der Waals surface area contributed by atoms with Crippen molar-refractivity contribution in [3.05, 3.63) is 48.0 Å². The second-order valence-corrected chi connectivity index (χ2v) is 5.77. The van der Waals surface area contributed by atoms with Gasteiger partial charge in [-0.3, -0.25) is 10.1 Å². The summed E-state index contributed by atoms with van der Waals surface area (Å²) in [5, 5.41) is 4.13. The van der Waals surface area contributed by atoms with Crippen LogP contribution in [0.25, 0.3) is 10.8 Å². The molecule has 0 spiro atoms. The fraction of sp³-hybridized carbons (Fsp3) is 0.200. The van der Waals surface area contributed by atoms with Crippen LogP contribution in [-0.4, -0.2) is 17.2 Å². The Labute approximate surface area is 121 Å². The molecule has 2 rings (SSSR count). The van der Waals surface area contributed by atoms with Gasteiger partial charge < -0.3 is 5.73 Å². The molecule has 1 atom stereocenters. The van der Waals surface area contributed by atoms with E-state index in [0.29, 0.717) is 5.75 Å². The number of rotatable bonds is 4. The zero-order valence-corrected chi connectivity index (χ0v) is 11.9. The highest BCUT2D eigenvalue weighted by atomic mass is 32.2. The smallest absolute Gasteiger partial charge is 0.318 e. The fourth-order valence-corrected chi connectivity index (χ4v) is 2.82. The van der Waals surface area contributed by atoms with E-state index in [-0.39, 0.29) is 11.2 Å². The maximum absolute atomic E-state index is 11.6. The van der Waals surface area contributed by atoms with Crippen molar-refractivity contribution in [3.8, 4) is 0 Å². The summed E-state index contributed by atoms with van der Waals surface area (Å²) < 4.78 is 0. The largest absolute Gasteiger partial charge is 0.351 e. The summed E-state index contributed by atoms with van der Waals surface area (Å²) in [7, 11) is 0. The van der Waals surface area contributed by atoms with E-state index >= 15 is 0 Å². The average Bonchev–Trinajstić information content (AvgIpc) is 2.44. The van der Waals surface area contributed by atoms with Crippen LogP contribution in [0, 0.1) is 0 Å². The number of fused-ring (bicyclic) bond motifs is 1. The lowest BCUT2D eigenvalue weighted by molar-refractivity contribution is -0.119. The van der Waals surface area contributed by atoms with Crippen molar-refractivity contribution in [2.75, 3.05) is 0 Å². The van der Waals surface area contributed by atoms with Crippen LogP contribution in [0.5, 0.6) is 0 Å². The van der Waals surface area contributed by atoms with Crippen molar-refractivity contribution in [1.82, 2.24) is 5.32 Å². The molecule has 0 fully saturated rings. The Morgan fingerprint density at radius 1 is 1.20 bits per heavy atom. The van der Waals surface area contributed by atoms with E-state index in [1.807, 2.05) is 24.3 Å².